The number of carbonyl (C=O) groups excluding carboxylic acids is 3. The van der Waals surface area contributed by atoms with Crippen LogP contribution < -0.4 is 9.47 Å². The summed E-state index contributed by atoms with van der Waals surface area (Å²) in [5, 5.41) is 0. The number of benzene rings is 1. The van der Waals surface area contributed by atoms with Gasteiger partial charge < -0.3 is 14.2 Å². The highest BCUT2D eigenvalue weighted by molar-refractivity contribution is 5.91. The summed E-state index contributed by atoms with van der Waals surface area (Å²) in [5.74, 6) is -1.06. The van der Waals surface area contributed by atoms with Crippen molar-refractivity contribution in [2.24, 2.45) is 0 Å². The molecule has 0 amide bonds. The quantitative estimate of drug-likeness (QED) is 0.345. The van der Waals surface area contributed by atoms with E-state index < -0.39 is 17.9 Å². The van der Waals surface area contributed by atoms with Crippen molar-refractivity contribution in [3.05, 3.63) is 36.4 Å². The predicted octanol–water partition coefficient (Wildman–Crippen LogP) is 2.03. The first kappa shape index (κ1) is 16.4. The Labute approximate surface area is 122 Å². The van der Waals surface area contributed by atoms with Gasteiger partial charge >= 0.3 is 17.9 Å². The third-order valence-corrected chi connectivity index (χ3v) is 2.45. The lowest BCUT2D eigenvalue weighted by atomic mass is 10.1. The second-order valence-electron chi connectivity index (χ2n) is 4.13. The van der Waals surface area contributed by atoms with Crippen LogP contribution in [0.5, 0.6) is 11.5 Å². The van der Waals surface area contributed by atoms with Crippen LogP contribution in [-0.2, 0) is 19.1 Å². The van der Waals surface area contributed by atoms with Crippen LogP contribution in [0.25, 0.3) is 0 Å². The lowest BCUT2D eigenvalue weighted by Gasteiger charge is -2.07. The molecule has 0 aromatic heterocycles. The number of methoxy groups -OCH3 is 1. The Kier molecular flexibility index (Phi) is 6.13. The van der Waals surface area contributed by atoms with Crippen LogP contribution in [0.4, 0.5) is 0 Å². The molecule has 0 heterocycles. The molecular formula is C15H16O6. The highest BCUT2D eigenvalue weighted by Gasteiger charge is 2.13. The molecule has 0 saturated carbocycles. The van der Waals surface area contributed by atoms with Crippen molar-refractivity contribution in [3.63, 3.8) is 0 Å². The highest BCUT2D eigenvalue weighted by Crippen LogP contribution is 2.18. The fraction of sp³-hybridized carbons (Fsp3) is 0.267. The summed E-state index contributed by atoms with van der Waals surface area (Å²) in [5.41, 5.74) is 0.117. The van der Waals surface area contributed by atoms with Crippen molar-refractivity contribution in [2.45, 2.75) is 19.8 Å². The van der Waals surface area contributed by atoms with E-state index in [9.17, 15) is 14.4 Å². The van der Waals surface area contributed by atoms with Gasteiger partial charge in [-0.1, -0.05) is 6.58 Å². The molecule has 6 nitrogen and oxygen atoms in total. The smallest absolute Gasteiger partial charge is 0.338 e. The first-order chi connectivity index (χ1) is 9.92. The normalized spacial score (nSPS) is 9.62. The van der Waals surface area contributed by atoms with Gasteiger partial charge in [-0.25, -0.2) is 4.79 Å². The highest BCUT2D eigenvalue weighted by atomic mass is 16.6. The van der Waals surface area contributed by atoms with Crippen LogP contribution in [0, 0.1) is 0 Å². The summed E-state index contributed by atoms with van der Waals surface area (Å²) in [6.45, 7) is 4.67. The molecule has 6 heteroatoms. The number of carbonyl (C=O) groups is 3. The van der Waals surface area contributed by atoms with Crippen molar-refractivity contribution in [2.75, 3.05) is 7.11 Å². The van der Waals surface area contributed by atoms with Gasteiger partial charge in [0.2, 0.25) is 0 Å². The van der Waals surface area contributed by atoms with E-state index in [1.807, 2.05) is 0 Å². The Balaban J connectivity index is 2.45. The summed E-state index contributed by atoms with van der Waals surface area (Å²) in [4.78, 5) is 33.4. The van der Waals surface area contributed by atoms with E-state index in [4.69, 9.17) is 9.47 Å². The number of hydrogen-bond donors (Lipinski definition) is 0. The Morgan fingerprint density at radius 1 is 1.05 bits per heavy atom. The summed E-state index contributed by atoms with van der Waals surface area (Å²) in [7, 11) is 1.53. The minimum Gasteiger partial charge on any atom is -0.497 e. The van der Waals surface area contributed by atoms with Gasteiger partial charge in [0.1, 0.15) is 11.5 Å². The minimum absolute atomic E-state index is 0.0566. The van der Waals surface area contributed by atoms with E-state index in [-0.39, 0.29) is 18.4 Å². The standard InChI is InChI=1S/C15H16O6/c1-10(4-9-14(17)20-11(2)16)15(18)21-13-7-5-12(19-3)6-8-13/h5-8H,1,4,9H2,2-3H3. The molecule has 0 radical (unpaired) electrons. The van der Waals surface area contributed by atoms with E-state index in [2.05, 4.69) is 11.3 Å². The number of esters is 3. The third kappa shape index (κ3) is 5.90. The first-order valence-electron chi connectivity index (χ1n) is 6.17. The van der Waals surface area contributed by atoms with Crippen LogP contribution in [0.2, 0.25) is 0 Å². The summed E-state index contributed by atoms with van der Waals surface area (Å²) in [6, 6.07) is 6.45. The number of ether oxygens (including phenoxy) is 3. The molecule has 0 bridgehead atoms. The van der Waals surface area contributed by atoms with Crippen molar-refractivity contribution in [1.29, 1.82) is 0 Å². The lowest BCUT2D eigenvalue weighted by Crippen LogP contribution is -2.13. The Bertz CT molecular complexity index is 544. The van der Waals surface area contributed by atoms with Gasteiger partial charge in [-0.3, -0.25) is 9.59 Å². The molecule has 0 atom stereocenters. The van der Waals surface area contributed by atoms with E-state index >= 15 is 0 Å². The van der Waals surface area contributed by atoms with Crippen molar-refractivity contribution < 1.29 is 28.6 Å². The Morgan fingerprint density at radius 2 is 1.62 bits per heavy atom. The number of hydrogen-bond acceptors (Lipinski definition) is 6. The molecule has 0 unspecified atom stereocenters. The van der Waals surface area contributed by atoms with Crippen LogP contribution in [0.15, 0.2) is 36.4 Å². The molecule has 1 rings (SSSR count). The molecule has 0 N–H and O–H groups in total. The molecule has 1 aromatic rings. The van der Waals surface area contributed by atoms with Gasteiger partial charge in [-0.2, -0.15) is 0 Å². The van der Waals surface area contributed by atoms with Gasteiger partial charge in [-0.15, -0.1) is 0 Å². The zero-order valence-electron chi connectivity index (χ0n) is 11.9. The van der Waals surface area contributed by atoms with Crippen molar-refractivity contribution >= 4 is 17.9 Å². The lowest BCUT2D eigenvalue weighted by molar-refractivity contribution is -0.157. The average Bonchev–Trinajstić information content (AvgIpc) is 2.44. The van der Waals surface area contributed by atoms with Gasteiger partial charge in [0.25, 0.3) is 0 Å². The van der Waals surface area contributed by atoms with Gasteiger partial charge in [-0.05, 0) is 30.7 Å². The molecular weight excluding hydrogens is 276 g/mol. The Morgan fingerprint density at radius 3 is 2.14 bits per heavy atom. The molecule has 0 spiro atoms. The largest absolute Gasteiger partial charge is 0.497 e. The topological polar surface area (TPSA) is 78.9 Å². The van der Waals surface area contributed by atoms with Crippen molar-refractivity contribution in [3.8, 4) is 11.5 Å². The molecule has 0 aliphatic carbocycles. The third-order valence-electron chi connectivity index (χ3n) is 2.45. The van der Waals surface area contributed by atoms with E-state index in [0.29, 0.717) is 11.5 Å². The van der Waals surface area contributed by atoms with Gasteiger partial charge in [0, 0.05) is 12.5 Å². The summed E-state index contributed by atoms with van der Waals surface area (Å²) < 4.78 is 14.4. The predicted molar refractivity (Wildman–Crippen MR) is 73.8 cm³/mol. The van der Waals surface area contributed by atoms with Crippen LogP contribution in [-0.4, -0.2) is 25.0 Å². The Hall–Kier alpha value is -2.63. The zero-order valence-corrected chi connectivity index (χ0v) is 11.9. The monoisotopic (exact) mass is 292 g/mol. The molecule has 112 valence electrons. The molecule has 0 aliphatic rings. The second-order valence-corrected chi connectivity index (χ2v) is 4.13. The van der Waals surface area contributed by atoms with Gasteiger partial charge in [0.15, 0.2) is 0 Å². The van der Waals surface area contributed by atoms with E-state index in [1.54, 1.807) is 24.3 Å². The molecule has 0 fully saturated rings. The summed E-state index contributed by atoms with van der Waals surface area (Å²) in [6.07, 6.45) is -0.0583. The maximum Gasteiger partial charge on any atom is 0.338 e. The minimum atomic E-state index is -0.708. The van der Waals surface area contributed by atoms with Crippen LogP contribution >= 0.6 is 0 Å². The maximum atomic E-state index is 11.7. The van der Waals surface area contributed by atoms with Gasteiger partial charge in [0.05, 0.1) is 13.5 Å². The molecule has 21 heavy (non-hydrogen) atoms. The zero-order chi connectivity index (χ0) is 15.8. The number of rotatable bonds is 6. The maximum absolute atomic E-state index is 11.7. The fourth-order valence-corrected chi connectivity index (χ4v) is 1.39. The van der Waals surface area contributed by atoms with Crippen LogP contribution in [0.3, 0.4) is 0 Å². The first-order valence-corrected chi connectivity index (χ1v) is 6.17. The average molecular weight is 292 g/mol. The fourth-order valence-electron chi connectivity index (χ4n) is 1.39. The van der Waals surface area contributed by atoms with E-state index in [1.165, 1.54) is 7.11 Å². The molecule has 1 aromatic carbocycles. The second kappa shape index (κ2) is 7.84. The molecule has 0 aliphatic heterocycles. The van der Waals surface area contributed by atoms with Crippen LogP contribution in [0.1, 0.15) is 19.8 Å². The van der Waals surface area contributed by atoms with Crippen molar-refractivity contribution in [1.82, 2.24) is 0 Å². The SMILES string of the molecule is C=C(CCC(=O)OC(C)=O)C(=O)Oc1ccc(OC)cc1. The molecule has 0 saturated heterocycles. The van der Waals surface area contributed by atoms with E-state index in [0.717, 1.165) is 6.92 Å². The summed E-state index contributed by atoms with van der Waals surface area (Å²) >= 11 is 0.